The van der Waals surface area contributed by atoms with E-state index in [4.69, 9.17) is 4.74 Å². The number of anilines is 1. The van der Waals surface area contributed by atoms with E-state index in [1.807, 2.05) is 0 Å². The van der Waals surface area contributed by atoms with E-state index in [2.05, 4.69) is 35.3 Å². The maximum atomic E-state index is 5.49. The molecule has 1 fully saturated rings. The lowest BCUT2D eigenvalue weighted by Gasteiger charge is -2.23. The summed E-state index contributed by atoms with van der Waals surface area (Å²) in [5.41, 5.74) is 4.09. The van der Waals surface area contributed by atoms with Gasteiger partial charge in [0, 0.05) is 31.4 Å². The first kappa shape index (κ1) is 12.0. The van der Waals surface area contributed by atoms with Crippen molar-refractivity contribution in [1.29, 1.82) is 0 Å². The van der Waals surface area contributed by atoms with Crippen LogP contribution >= 0.6 is 0 Å². The van der Waals surface area contributed by atoms with Gasteiger partial charge in [-0.3, -0.25) is 0 Å². The predicted molar refractivity (Wildman–Crippen MR) is 73.8 cm³/mol. The second-order valence-corrected chi connectivity index (χ2v) is 5.28. The first-order valence-corrected chi connectivity index (χ1v) is 7.04. The maximum Gasteiger partial charge on any atom is 0.0725 e. The normalized spacial score (nSPS) is 23.8. The fourth-order valence-electron chi connectivity index (χ4n) is 2.89. The molecule has 2 aliphatic rings. The molecule has 0 amide bonds. The van der Waals surface area contributed by atoms with Crippen LogP contribution in [0, 0.1) is 0 Å². The highest BCUT2D eigenvalue weighted by Crippen LogP contribution is 2.26. The molecule has 1 unspecified atom stereocenters. The van der Waals surface area contributed by atoms with E-state index in [1.165, 1.54) is 29.7 Å². The van der Waals surface area contributed by atoms with E-state index in [-0.39, 0.29) is 0 Å². The molecule has 2 heterocycles. The largest absolute Gasteiger partial charge is 0.372 e. The van der Waals surface area contributed by atoms with Crippen molar-refractivity contribution >= 4 is 5.69 Å². The Morgan fingerprint density at radius 2 is 2.17 bits per heavy atom. The van der Waals surface area contributed by atoms with Crippen LogP contribution in [-0.2, 0) is 18.0 Å². The summed E-state index contributed by atoms with van der Waals surface area (Å²) in [4.78, 5) is 2.50. The molecule has 1 atom stereocenters. The molecule has 1 N–H and O–H groups in total. The minimum atomic E-state index is 0.688. The molecule has 18 heavy (non-hydrogen) atoms. The van der Waals surface area contributed by atoms with Gasteiger partial charge in [-0.2, -0.15) is 0 Å². The number of hydrogen-bond acceptors (Lipinski definition) is 3. The molecule has 2 aliphatic heterocycles. The van der Waals surface area contributed by atoms with Gasteiger partial charge in [0.1, 0.15) is 0 Å². The van der Waals surface area contributed by atoms with E-state index in [1.54, 1.807) is 0 Å². The van der Waals surface area contributed by atoms with Crippen LogP contribution in [0.3, 0.4) is 0 Å². The second-order valence-electron chi connectivity index (χ2n) is 5.28. The average Bonchev–Trinajstić information content (AvgIpc) is 2.74. The molecule has 1 aromatic carbocycles. The summed E-state index contributed by atoms with van der Waals surface area (Å²) in [5, 5.41) is 3.62. The van der Waals surface area contributed by atoms with E-state index in [0.29, 0.717) is 6.04 Å². The second kappa shape index (κ2) is 5.29. The van der Waals surface area contributed by atoms with Crippen LogP contribution in [0.4, 0.5) is 5.69 Å². The van der Waals surface area contributed by atoms with Crippen molar-refractivity contribution in [2.24, 2.45) is 0 Å². The molecule has 0 aliphatic carbocycles. The van der Waals surface area contributed by atoms with Crippen LogP contribution in [0.15, 0.2) is 18.2 Å². The first-order valence-electron chi connectivity index (χ1n) is 7.04. The smallest absolute Gasteiger partial charge is 0.0725 e. The van der Waals surface area contributed by atoms with Crippen molar-refractivity contribution in [1.82, 2.24) is 5.32 Å². The monoisotopic (exact) mass is 246 g/mol. The van der Waals surface area contributed by atoms with Gasteiger partial charge in [-0.25, -0.2) is 0 Å². The highest BCUT2D eigenvalue weighted by Gasteiger charge is 2.17. The quantitative estimate of drug-likeness (QED) is 0.866. The van der Waals surface area contributed by atoms with Gasteiger partial charge in [0.05, 0.1) is 13.2 Å². The van der Waals surface area contributed by atoms with Crippen LogP contribution < -0.4 is 10.2 Å². The summed E-state index contributed by atoms with van der Waals surface area (Å²) in [6.07, 6.45) is 2.47. The number of nitrogens with zero attached hydrogens (tertiary/aromatic N) is 1. The molecule has 3 nitrogen and oxygen atoms in total. The van der Waals surface area contributed by atoms with Gasteiger partial charge in [0.15, 0.2) is 0 Å². The van der Waals surface area contributed by atoms with E-state index in [0.717, 1.165) is 32.8 Å². The van der Waals surface area contributed by atoms with Crippen LogP contribution in [-0.4, -0.2) is 25.7 Å². The summed E-state index contributed by atoms with van der Waals surface area (Å²) in [6, 6.07) is 7.48. The molecule has 0 aromatic heterocycles. The Kier molecular flexibility index (Phi) is 3.52. The molecule has 1 saturated heterocycles. The summed E-state index contributed by atoms with van der Waals surface area (Å²) >= 11 is 0. The Hall–Kier alpha value is -1.06. The molecule has 3 heteroatoms. The van der Waals surface area contributed by atoms with Gasteiger partial charge in [-0.1, -0.05) is 13.0 Å². The molecular weight excluding hydrogens is 224 g/mol. The molecule has 3 rings (SSSR count). The van der Waals surface area contributed by atoms with Gasteiger partial charge < -0.3 is 15.0 Å². The highest BCUT2D eigenvalue weighted by atomic mass is 16.5. The van der Waals surface area contributed by atoms with Crippen LogP contribution in [0.1, 0.15) is 30.9 Å². The van der Waals surface area contributed by atoms with Crippen LogP contribution in [0.5, 0.6) is 0 Å². The molecule has 1 aromatic rings. The Bertz CT molecular complexity index is 419. The Balaban J connectivity index is 1.74. The van der Waals surface area contributed by atoms with Crippen molar-refractivity contribution in [3.8, 4) is 0 Å². The number of nitrogens with one attached hydrogen (secondary N) is 1. The third kappa shape index (κ3) is 2.38. The number of hydrogen-bond donors (Lipinski definition) is 1. The predicted octanol–water partition coefficient (Wildman–Crippen LogP) is 2.30. The fourth-order valence-corrected chi connectivity index (χ4v) is 2.89. The Morgan fingerprint density at radius 1 is 1.28 bits per heavy atom. The van der Waals surface area contributed by atoms with Crippen molar-refractivity contribution in [2.75, 3.05) is 24.5 Å². The number of ether oxygens (including phenoxy) is 1. The summed E-state index contributed by atoms with van der Waals surface area (Å²) in [5.74, 6) is 0. The van der Waals surface area contributed by atoms with Gasteiger partial charge in [0.2, 0.25) is 0 Å². The zero-order chi connectivity index (χ0) is 12.4. The summed E-state index contributed by atoms with van der Waals surface area (Å²) in [6.45, 7) is 7.19. The first-order chi connectivity index (χ1) is 8.86. The van der Waals surface area contributed by atoms with Crippen LogP contribution in [0.25, 0.3) is 0 Å². The van der Waals surface area contributed by atoms with Crippen molar-refractivity contribution in [3.63, 3.8) is 0 Å². The van der Waals surface area contributed by atoms with E-state index in [9.17, 15) is 0 Å². The van der Waals surface area contributed by atoms with E-state index >= 15 is 0 Å². The lowest BCUT2D eigenvalue weighted by atomic mass is 10.1. The van der Waals surface area contributed by atoms with Gasteiger partial charge >= 0.3 is 0 Å². The number of rotatable bonds is 2. The Labute approximate surface area is 109 Å². The molecule has 0 spiro atoms. The SMILES string of the molecule is CCC1CCN(c2ccc3c(c2)COC3)CCN1. The minimum absolute atomic E-state index is 0.688. The molecule has 0 saturated carbocycles. The fraction of sp³-hybridized carbons (Fsp3) is 0.600. The molecule has 98 valence electrons. The minimum Gasteiger partial charge on any atom is -0.372 e. The third-order valence-corrected chi connectivity index (χ3v) is 4.13. The van der Waals surface area contributed by atoms with Crippen LogP contribution in [0.2, 0.25) is 0 Å². The zero-order valence-electron chi connectivity index (χ0n) is 11.1. The van der Waals surface area contributed by atoms with Gasteiger partial charge in [-0.15, -0.1) is 0 Å². The number of fused-ring (bicyclic) bond motifs is 1. The number of benzene rings is 1. The van der Waals surface area contributed by atoms with Crippen molar-refractivity contribution in [2.45, 2.75) is 39.0 Å². The Morgan fingerprint density at radius 3 is 3.06 bits per heavy atom. The third-order valence-electron chi connectivity index (χ3n) is 4.13. The standard InChI is InChI=1S/C15H22N2O/c1-2-14-5-7-17(8-6-16-14)15-4-3-12-10-18-11-13(12)9-15/h3-4,9,14,16H,2,5-8,10-11H2,1H3. The van der Waals surface area contributed by atoms with Crippen molar-refractivity contribution in [3.05, 3.63) is 29.3 Å². The summed E-state index contributed by atoms with van der Waals surface area (Å²) < 4.78 is 5.49. The average molecular weight is 246 g/mol. The lowest BCUT2D eigenvalue weighted by Crippen LogP contribution is -2.30. The lowest BCUT2D eigenvalue weighted by molar-refractivity contribution is 0.134. The van der Waals surface area contributed by atoms with Crippen molar-refractivity contribution < 1.29 is 4.74 Å². The molecular formula is C15H22N2O. The van der Waals surface area contributed by atoms with Gasteiger partial charge in [0.25, 0.3) is 0 Å². The van der Waals surface area contributed by atoms with E-state index < -0.39 is 0 Å². The zero-order valence-corrected chi connectivity index (χ0v) is 11.1. The topological polar surface area (TPSA) is 24.5 Å². The highest BCUT2D eigenvalue weighted by molar-refractivity contribution is 5.51. The molecule has 0 bridgehead atoms. The molecule has 0 radical (unpaired) electrons. The van der Waals surface area contributed by atoms with Gasteiger partial charge in [-0.05, 0) is 36.1 Å². The summed E-state index contributed by atoms with van der Waals surface area (Å²) in [7, 11) is 0. The maximum absolute atomic E-state index is 5.49.